The Bertz CT molecular complexity index is 331. The largest absolute Gasteiger partial charge is 0.308 e. The molecule has 0 spiro atoms. The summed E-state index contributed by atoms with van der Waals surface area (Å²) in [6.07, 6.45) is 7.56. The van der Waals surface area contributed by atoms with Crippen molar-refractivity contribution in [3.05, 3.63) is 22.4 Å². The topological polar surface area (TPSA) is 12.0 Å². The monoisotopic (exact) mass is 283 g/mol. The van der Waals surface area contributed by atoms with Gasteiger partial charge in [0.15, 0.2) is 0 Å². The zero-order valence-corrected chi connectivity index (χ0v) is 13.4. The molecule has 1 N–H and O–H groups in total. The van der Waals surface area contributed by atoms with Crippen molar-refractivity contribution >= 4 is 23.1 Å². The number of nitrogens with one attached hydrogen (secondary N) is 1. The third-order valence-corrected chi connectivity index (χ3v) is 6.85. The van der Waals surface area contributed by atoms with Crippen molar-refractivity contribution in [2.45, 2.75) is 50.3 Å². The van der Waals surface area contributed by atoms with Gasteiger partial charge in [0.2, 0.25) is 0 Å². The Labute approximate surface area is 120 Å². The van der Waals surface area contributed by atoms with E-state index >= 15 is 0 Å². The molecule has 0 saturated heterocycles. The molecule has 1 saturated carbocycles. The zero-order valence-electron chi connectivity index (χ0n) is 11.7. The predicted molar refractivity (Wildman–Crippen MR) is 84.6 cm³/mol. The van der Waals surface area contributed by atoms with E-state index in [1.54, 1.807) is 0 Å². The molecule has 1 aliphatic rings. The van der Waals surface area contributed by atoms with Crippen LogP contribution in [0.4, 0.5) is 0 Å². The molecule has 1 aliphatic carbocycles. The third kappa shape index (κ3) is 3.31. The first-order valence-electron chi connectivity index (χ1n) is 7.06. The molecule has 18 heavy (non-hydrogen) atoms. The van der Waals surface area contributed by atoms with Gasteiger partial charge in [-0.05, 0) is 49.3 Å². The molecule has 0 aliphatic heterocycles. The van der Waals surface area contributed by atoms with Gasteiger partial charge in [-0.25, -0.2) is 0 Å². The van der Waals surface area contributed by atoms with Crippen molar-refractivity contribution < 1.29 is 0 Å². The minimum atomic E-state index is 0.421. The van der Waals surface area contributed by atoms with Gasteiger partial charge in [0.05, 0.1) is 0 Å². The van der Waals surface area contributed by atoms with Crippen molar-refractivity contribution in [2.24, 2.45) is 5.92 Å². The van der Waals surface area contributed by atoms with E-state index in [4.69, 9.17) is 0 Å². The van der Waals surface area contributed by atoms with Gasteiger partial charge in [0.1, 0.15) is 0 Å². The zero-order chi connectivity index (χ0) is 13.0. The van der Waals surface area contributed by atoms with Gasteiger partial charge in [0, 0.05) is 22.2 Å². The van der Waals surface area contributed by atoms with Crippen molar-refractivity contribution in [2.75, 3.05) is 12.8 Å². The first-order valence-corrected chi connectivity index (χ1v) is 9.17. The average Bonchev–Trinajstić information content (AvgIpc) is 3.10. The molecule has 1 aromatic rings. The van der Waals surface area contributed by atoms with Crippen LogP contribution in [-0.4, -0.2) is 17.5 Å². The maximum atomic E-state index is 3.87. The molecule has 3 heteroatoms. The third-order valence-electron chi connectivity index (χ3n) is 4.31. The molecular formula is C15H25NS2. The molecule has 1 unspecified atom stereocenters. The van der Waals surface area contributed by atoms with Gasteiger partial charge in [-0.2, -0.15) is 11.8 Å². The van der Waals surface area contributed by atoms with Crippen LogP contribution in [0.5, 0.6) is 0 Å². The van der Waals surface area contributed by atoms with E-state index in [1.165, 1.54) is 30.6 Å². The van der Waals surface area contributed by atoms with Gasteiger partial charge < -0.3 is 5.32 Å². The van der Waals surface area contributed by atoms with Crippen LogP contribution in [0.25, 0.3) is 0 Å². The lowest BCUT2D eigenvalue weighted by Crippen LogP contribution is -2.38. The molecule has 1 fully saturated rings. The highest BCUT2D eigenvalue weighted by atomic mass is 32.2. The fraction of sp³-hybridized carbons (Fsp3) is 0.733. The second-order valence-electron chi connectivity index (χ2n) is 5.31. The summed E-state index contributed by atoms with van der Waals surface area (Å²) in [5.74, 6) is 0.886. The normalized spacial score (nSPS) is 17.9. The summed E-state index contributed by atoms with van der Waals surface area (Å²) in [6.45, 7) is 5.78. The van der Waals surface area contributed by atoms with E-state index in [-0.39, 0.29) is 0 Å². The van der Waals surface area contributed by atoms with Crippen LogP contribution in [-0.2, 0) is 0 Å². The Morgan fingerprint density at radius 2 is 2.17 bits per heavy atom. The summed E-state index contributed by atoms with van der Waals surface area (Å²) < 4.78 is 0.421. The van der Waals surface area contributed by atoms with Gasteiger partial charge in [-0.1, -0.05) is 19.9 Å². The standard InChI is InChI=1S/C15H25NS2/c1-4-15(5-2,17-3)11-16-14(12-8-9-12)13-7-6-10-18-13/h6-7,10,12,14,16H,4-5,8-9,11H2,1-3H3. The highest BCUT2D eigenvalue weighted by molar-refractivity contribution is 8.00. The molecule has 1 aromatic heterocycles. The molecule has 102 valence electrons. The molecule has 1 heterocycles. The molecule has 0 radical (unpaired) electrons. The van der Waals surface area contributed by atoms with Gasteiger partial charge >= 0.3 is 0 Å². The van der Waals surface area contributed by atoms with Crippen molar-refractivity contribution in [1.82, 2.24) is 5.32 Å². The first-order chi connectivity index (χ1) is 8.74. The molecule has 1 nitrogen and oxygen atoms in total. The second-order valence-corrected chi connectivity index (χ2v) is 7.56. The average molecular weight is 284 g/mol. The summed E-state index contributed by atoms with van der Waals surface area (Å²) in [7, 11) is 0. The summed E-state index contributed by atoms with van der Waals surface area (Å²) in [4.78, 5) is 1.53. The lowest BCUT2D eigenvalue weighted by molar-refractivity contribution is 0.422. The minimum Gasteiger partial charge on any atom is -0.308 e. The summed E-state index contributed by atoms with van der Waals surface area (Å²) in [5.41, 5.74) is 0. The Hall–Kier alpha value is 0.01000. The molecule has 2 rings (SSSR count). The Balaban J connectivity index is 1.98. The Kier molecular flexibility index (Phi) is 5.16. The van der Waals surface area contributed by atoms with Crippen molar-refractivity contribution in [3.8, 4) is 0 Å². The smallest absolute Gasteiger partial charge is 0.0443 e. The van der Waals surface area contributed by atoms with Gasteiger partial charge in [-0.15, -0.1) is 11.3 Å². The number of hydrogen-bond donors (Lipinski definition) is 1. The van der Waals surface area contributed by atoms with Crippen molar-refractivity contribution in [3.63, 3.8) is 0 Å². The number of thioether (sulfide) groups is 1. The van der Waals surface area contributed by atoms with Crippen molar-refractivity contribution in [1.29, 1.82) is 0 Å². The minimum absolute atomic E-state index is 0.421. The van der Waals surface area contributed by atoms with Crippen LogP contribution in [0.2, 0.25) is 0 Å². The Morgan fingerprint density at radius 3 is 2.61 bits per heavy atom. The number of thiophene rings is 1. The van der Waals surface area contributed by atoms with E-state index in [2.05, 4.69) is 42.9 Å². The van der Waals surface area contributed by atoms with Crippen LogP contribution >= 0.6 is 23.1 Å². The molecular weight excluding hydrogens is 258 g/mol. The Morgan fingerprint density at radius 1 is 1.44 bits per heavy atom. The SMILES string of the molecule is CCC(CC)(CNC(c1cccs1)C1CC1)SC. The van der Waals surface area contributed by atoms with Crippen LogP contribution in [0.1, 0.15) is 50.4 Å². The lowest BCUT2D eigenvalue weighted by Gasteiger charge is -2.32. The molecule has 0 amide bonds. The molecule has 0 bridgehead atoms. The van der Waals surface area contributed by atoms with Gasteiger partial charge in [0.25, 0.3) is 0 Å². The summed E-state index contributed by atoms with van der Waals surface area (Å²) in [5, 5.41) is 6.07. The quantitative estimate of drug-likeness (QED) is 0.741. The molecule has 1 atom stereocenters. The van der Waals surface area contributed by atoms with Crippen LogP contribution < -0.4 is 5.32 Å². The highest BCUT2D eigenvalue weighted by Crippen LogP contribution is 2.43. The highest BCUT2D eigenvalue weighted by Gasteiger charge is 2.34. The fourth-order valence-corrected chi connectivity index (χ4v) is 4.25. The number of rotatable bonds is 8. The predicted octanol–water partition coefficient (Wildman–Crippen LogP) is 4.71. The summed E-state index contributed by atoms with van der Waals surface area (Å²) >= 11 is 3.93. The van der Waals surface area contributed by atoms with E-state index in [0.29, 0.717) is 10.8 Å². The molecule has 0 aromatic carbocycles. The van der Waals surface area contributed by atoms with Gasteiger partial charge in [-0.3, -0.25) is 0 Å². The fourth-order valence-electron chi connectivity index (χ4n) is 2.55. The van der Waals surface area contributed by atoms with E-state index in [1.807, 2.05) is 23.1 Å². The van der Waals surface area contributed by atoms with E-state index in [0.717, 1.165) is 12.5 Å². The maximum absolute atomic E-state index is 3.87. The second kappa shape index (κ2) is 6.44. The van der Waals surface area contributed by atoms with Crippen LogP contribution in [0.3, 0.4) is 0 Å². The lowest BCUT2D eigenvalue weighted by atomic mass is 10.0. The van der Waals surface area contributed by atoms with Crippen LogP contribution in [0.15, 0.2) is 17.5 Å². The maximum Gasteiger partial charge on any atom is 0.0443 e. The first kappa shape index (κ1) is 14.4. The van der Waals surface area contributed by atoms with Crippen LogP contribution in [0, 0.1) is 5.92 Å². The van der Waals surface area contributed by atoms with E-state index in [9.17, 15) is 0 Å². The summed E-state index contributed by atoms with van der Waals surface area (Å²) in [6, 6.07) is 5.08. The van der Waals surface area contributed by atoms with E-state index < -0.39 is 0 Å². The number of hydrogen-bond acceptors (Lipinski definition) is 3.